The molecule has 1 unspecified atom stereocenters. The van der Waals surface area contributed by atoms with Gasteiger partial charge in [-0.05, 0) is 24.8 Å². The van der Waals surface area contributed by atoms with E-state index in [0.717, 1.165) is 18.4 Å². The molecule has 0 amide bonds. The molecule has 17 heavy (non-hydrogen) atoms. The summed E-state index contributed by atoms with van der Waals surface area (Å²) in [4.78, 5) is 0. The minimum atomic E-state index is 0.130. The summed E-state index contributed by atoms with van der Waals surface area (Å²) in [5.74, 6) is 0. The molecule has 3 heteroatoms. The maximum absolute atomic E-state index is 8.33. The lowest BCUT2D eigenvalue weighted by atomic mass is 10.1. The molecular weight excluding hydrogens is 214 g/mol. The average molecular weight is 233 g/mol. The lowest BCUT2D eigenvalue weighted by Gasteiger charge is -2.15. The number of nitrogens with zero attached hydrogens (tertiary/aromatic N) is 1. The van der Waals surface area contributed by atoms with Crippen LogP contribution in [0.15, 0.2) is 48.1 Å². The van der Waals surface area contributed by atoms with E-state index in [1.165, 1.54) is 6.21 Å². The standard InChI is InChI=1S/C14H19NO2/c1-2-7-14(10-6-11-15-16)17-12-13-8-4-3-5-9-13/h2-5,8-9,11,14,16H,1,6-7,10,12H2. The summed E-state index contributed by atoms with van der Waals surface area (Å²) >= 11 is 0. The number of rotatable bonds is 8. The largest absolute Gasteiger partial charge is 0.411 e. The second kappa shape index (κ2) is 8.53. The minimum Gasteiger partial charge on any atom is -0.411 e. The Balaban J connectivity index is 2.35. The van der Waals surface area contributed by atoms with Gasteiger partial charge in [-0.15, -0.1) is 11.7 Å². The molecule has 0 bridgehead atoms. The highest BCUT2D eigenvalue weighted by atomic mass is 16.5. The quantitative estimate of drug-likeness (QED) is 0.323. The van der Waals surface area contributed by atoms with Crippen molar-refractivity contribution < 1.29 is 9.94 Å². The molecule has 0 aliphatic carbocycles. The second-order valence-electron chi connectivity index (χ2n) is 3.82. The molecule has 1 N–H and O–H groups in total. The van der Waals surface area contributed by atoms with E-state index >= 15 is 0 Å². The molecule has 0 saturated carbocycles. The van der Waals surface area contributed by atoms with Gasteiger partial charge in [-0.3, -0.25) is 0 Å². The zero-order valence-electron chi connectivity index (χ0n) is 9.96. The van der Waals surface area contributed by atoms with E-state index in [9.17, 15) is 0 Å². The SMILES string of the molecule is C=CCC(CCC=NO)OCc1ccccc1. The van der Waals surface area contributed by atoms with Gasteiger partial charge < -0.3 is 9.94 Å². The Hall–Kier alpha value is -1.61. The third kappa shape index (κ3) is 5.88. The van der Waals surface area contributed by atoms with E-state index in [0.29, 0.717) is 13.0 Å². The molecule has 1 aromatic carbocycles. The predicted molar refractivity (Wildman–Crippen MR) is 69.3 cm³/mol. The first kappa shape index (κ1) is 13.5. The number of ether oxygens (including phenoxy) is 1. The van der Waals surface area contributed by atoms with Crippen molar-refractivity contribution in [3.8, 4) is 0 Å². The van der Waals surface area contributed by atoms with E-state index in [4.69, 9.17) is 9.94 Å². The molecule has 0 aliphatic heterocycles. The lowest BCUT2D eigenvalue weighted by molar-refractivity contribution is 0.0385. The predicted octanol–water partition coefficient (Wildman–Crippen LogP) is 3.39. The number of oxime groups is 1. The van der Waals surface area contributed by atoms with Gasteiger partial charge in [-0.2, -0.15) is 0 Å². The monoisotopic (exact) mass is 233 g/mol. The van der Waals surface area contributed by atoms with E-state index in [1.807, 2.05) is 36.4 Å². The summed E-state index contributed by atoms with van der Waals surface area (Å²) in [5.41, 5.74) is 1.16. The molecule has 0 heterocycles. The summed E-state index contributed by atoms with van der Waals surface area (Å²) in [6, 6.07) is 10.1. The molecule has 92 valence electrons. The average Bonchev–Trinajstić information content (AvgIpc) is 2.37. The van der Waals surface area contributed by atoms with E-state index in [-0.39, 0.29) is 6.10 Å². The van der Waals surface area contributed by atoms with Crippen LogP contribution in [0.4, 0.5) is 0 Å². The van der Waals surface area contributed by atoms with Gasteiger partial charge in [0.25, 0.3) is 0 Å². The number of benzene rings is 1. The first-order valence-corrected chi connectivity index (χ1v) is 5.79. The van der Waals surface area contributed by atoms with Gasteiger partial charge in [0, 0.05) is 6.21 Å². The van der Waals surface area contributed by atoms with Crippen LogP contribution in [0.3, 0.4) is 0 Å². The van der Waals surface area contributed by atoms with Gasteiger partial charge in [0.1, 0.15) is 0 Å². The fourth-order valence-corrected chi connectivity index (χ4v) is 1.56. The fraction of sp³-hybridized carbons (Fsp3) is 0.357. The Kier molecular flexibility index (Phi) is 6.75. The van der Waals surface area contributed by atoms with Crippen LogP contribution in [-0.2, 0) is 11.3 Å². The molecule has 0 aliphatic rings. The first-order chi connectivity index (χ1) is 8.36. The van der Waals surface area contributed by atoms with Crippen LogP contribution in [-0.4, -0.2) is 17.5 Å². The Morgan fingerprint density at radius 3 is 2.76 bits per heavy atom. The van der Waals surface area contributed by atoms with Crippen molar-refractivity contribution in [1.29, 1.82) is 0 Å². The Labute approximate surface area is 102 Å². The van der Waals surface area contributed by atoms with Gasteiger partial charge in [0.15, 0.2) is 0 Å². The second-order valence-corrected chi connectivity index (χ2v) is 3.82. The molecule has 0 saturated heterocycles. The highest BCUT2D eigenvalue weighted by Crippen LogP contribution is 2.10. The summed E-state index contributed by atoms with van der Waals surface area (Å²) in [5, 5.41) is 11.3. The highest BCUT2D eigenvalue weighted by molar-refractivity contribution is 5.55. The van der Waals surface area contributed by atoms with Crippen LogP contribution in [0.1, 0.15) is 24.8 Å². The third-order valence-electron chi connectivity index (χ3n) is 2.46. The number of hydrogen-bond donors (Lipinski definition) is 1. The molecule has 3 nitrogen and oxygen atoms in total. The van der Waals surface area contributed by atoms with Crippen molar-refractivity contribution in [2.45, 2.75) is 32.0 Å². The van der Waals surface area contributed by atoms with Crippen molar-refractivity contribution in [3.63, 3.8) is 0 Å². The van der Waals surface area contributed by atoms with Gasteiger partial charge in [-0.25, -0.2) is 0 Å². The Bertz CT molecular complexity index is 335. The highest BCUT2D eigenvalue weighted by Gasteiger charge is 2.06. The summed E-state index contributed by atoms with van der Waals surface area (Å²) in [7, 11) is 0. The van der Waals surface area contributed by atoms with Gasteiger partial charge >= 0.3 is 0 Å². The van der Waals surface area contributed by atoms with E-state index < -0.39 is 0 Å². The molecule has 1 aromatic rings. The van der Waals surface area contributed by atoms with E-state index in [1.54, 1.807) is 0 Å². The summed E-state index contributed by atoms with van der Waals surface area (Å²) in [6.45, 7) is 4.33. The molecule has 0 radical (unpaired) electrons. The van der Waals surface area contributed by atoms with E-state index in [2.05, 4.69) is 11.7 Å². The van der Waals surface area contributed by atoms with Crippen LogP contribution >= 0.6 is 0 Å². The van der Waals surface area contributed by atoms with Crippen molar-refractivity contribution in [2.24, 2.45) is 5.16 Å². The fourth-order valence-electron chi connectivity index (χ4n) is 1.56. The van der Waals surface area contributed by atoms with Crippen LogP contribution < -0.4 is 0 Å². The van der Waals surface area contributed by atoms with Crippen LogP contribution in [0.2, 0.25) is 0 Å². The first-order valence-electron chi connectivity index (χ1n) is 5.79. The van der Waals surface area contributed by atoms with Crippen LogP contribution in [0.5, 0.6) is 0 Å². The maximum Gasteiger partial charge on any atom is 0.0720 e. The summed E-state index contributed by atoms with van der Waals surface area (Å²) in [6.07, 6.45) is 5.83. The van der Waals surface area contributed by atoms with Gasteiger partial charge in [-0.1, -0.05) is 36.4 Å². The summed E-state index contributed by atoms with van der Waals surface area (Å²) < 4.78 is 5.80. The smallest absolute Gasteiger partial charge is 0.0720 e. The van der Waals surface area contributed by atoms with Crippen LogP contribution in [0, 0.1) is 0 Å². The van der Waals surface area contributed by atoms with Gasteiger partial charge in [0.05, 0.1) is 12.7 Å². The zero-order valence-corrected chi connectivity index (χ0v) is 9.96. The topological polar surface area (TPSA) is 41.8 Å². The maximum atomic E-state index is 8.33. The Morgan fingerprint density at radius 2 is 2.12 bits per heavy atom. The molecule has 0 aromatic heterocycles. The molecule has 0 fully saturated rings. The third-order valence-corrected chi connectivity index (χ3v) is 2.46. The zero-order chi connectivity index (χ0) is 12.3. The van der Waals surface area contributed by atoms with Gasteiger partial charge in [0.2, 0.25) is 0 Å². The Morgan fingerprint density at radius 1 is 1.35 bits per heavy atom. The minimum absolute atomic E-state index is 0.130. The van der Waals surface area contributed by atoms with Crippen molar-refractivity contribution in [1.82, 2.24) is 0 Å². The molecule has 0 spiro atoms. The molecule has 1 rings (SSSR count). The normalized spacial score (nSPS) is 12.7. The lowest BCUT2D eigenvalue weighted by Crippen LogP contribution is -2.12. The number of hydrogen-bond acceptors (Lipinski definition) is 3. The van der Waals surface area contributed by atoms with Crippen LogP contribution in [0.25, 0.3) is 0 Å². The van der Waals surface area contributed by atoms with Crippen molar-refractivity contribution >= 4 is 6.21 Å². The molecular formula is C14H19NO2. The van der Waals surface area contributed by atoms with Crippen molar-refractivity contribution in [3.05, 3.63) is 48.6 Å². The van der Waals surface area contributed by atoms with Crippen molar-refractivity contribution in [2.75, 3.05) is 0 Å². The molecule has 1 atom stereocenters.